The van der Waals surface area contributed by atoms with Crippen molar-refractivity contribution in [1.82, 2.24) is 37.2 Å². The van der Waals surface area contributed by atoms with E-state index < -0.39 is 72.2 Å². The molecule has 0 bridgehead atoms. The Morgan fingerprint density at radius 2 is 1.13 bits per heavy atom. The zero-order chi connectivity index (χ0) is 41.2. The molecule has 5 atom stereocenters. The average molecular weight is 793 g/mol. The van der Waals surface area contributed by atoms with Crippen molar-refractivity contribution in [3.8, 4) is 0 Å². The maximum absolute atomic E-state index is 13.9. The second kappa shape index (κ2) is 27.4. The van der Waals surface area contributed by atoms with E-state index in [1.807, 2.05) is 6.26 Å². The lowest BCUT2D eigenvalue weighted by Crippen LogP contribution is -2.59. The summed E-state index contributed by atoms with van der Waals surface area (Å²) < 4.78 is 0. The van der Waals surface area contributed by atoms with Gasteiger partial charge >= 0.3 is 0 Å². The molecule has 0 aliphatic heterocycles. The Balaban J connectivity index is 3.31. The molecule has 21 heteroatoms. The van der Waals surface area contributed by atoms with Gasteiger partial charge in [0, 0.05) is 19.5 Å². The molecule has 0 radical (unpaired) electrons. The van der Waals surface area contributed by atoms with Crippen molar-refractivity contribution in [3.05, 3.63) is 35.9 Å². The van der Waals surface area contributed by atoms with E-state index in [-0.39, 0.29) is 57.1 Å². The highest BCUT2D eigenvalue weighted by atomic mass is 32.2. The van der Waals surface area contributed by atoms with E-state index in [0.29, 0.717) is 38.0 Å². The highest BCUT2D eigenvalue weighted by Crippen LogP contribution is 2.09. The van der Waals surface area contributed by atoms with Crippen molar-refractivity contribution >= 4 is 59.1 Å². The van der Waals surface area contributed by atoms with Gasteiger partial charge in [0.2, 0.25) is 35.4 Å². The molecular weight excluding hydrogens is 733 g/mol. The molecule has 0 unspecified atom stereocenters. The molecule has 0 aromatic heterocycles. The number of hydrogen-bond acceptors (Lipinski definition) is 11. The smallest absolute Gasteiger partial charge is 0.243 e. The number of amides is 6. The number of nitrogens with two attached hydrogens (primary N) is 5. The number of guanidine groups is 2. The fourth-order valence-corrected chi connectivity index (χ4v) is 5.66. The Hall–Kier alpha value is -5.15. The molecule has 0 fully saturated rings. The molecule has 6 amide bonds. The number of benzene rings is 1. The van der Waals surface area contributed by atoms with Crippen molar-refractivity contribution in [2.24, 2.45) is 28.7 Å². The highest BCUT2D eigenvalue weighted by molar-refractivity contribution is 7.98. The van der Waals surface area contributed by atoms with Crippen LogP contribution in [0.15, 0.2) is 30.3 Å². The van der Waals surface area contributed by atoms with Gasteiger partial charge in [-0.15, -0.1) is 0 Å². The molecule has 1 rings (SSSR count). The summed E-state index contributed by atoms with van der Waals surface area (Å²) in [6.45, 7) is 0.424. The summed E-state index contributed by atoms with van der Waals surface area (Å²) in [4.78, 5) is 78.9. The predicted octanol–water partition coefficient (Wildman–Crippen LogP) is -3.49. The van der Waals surface area contributed by atoms with Crippen LogP contribution in [0.3, 0.4) is 0 Å². The van der Waals surface area contributed by atoms with Crippen LogP contribution in [0, 0.1) is 10.8 Å². The minimum Gasteiger partial charge on any atom is -0.370 e. The summed E-state index contributed by atoms with van der Waals surface area (Å²) in [5.74, 6) is -4.16. The lowest BCUT2D eigenvalue weighted by atomic mass is 10.0. The van der Waals surface area contributed by atoms with Crippen LogP contribution < -0.4 is 65.9 Å². The number of carbonyl (C=O) groups is 6. The lowest BCUT2D eigenvalue weighted by Gasteiger charge is -2.27. The molecule has 20 nitrogen and oxygen atoms in total. The van der Waals surface area contributed by atoms with Gasteiger partial charge in [-0.2, -0.15) is 11.8 Å². The van der Waals surface area contributed by atoms with Crippen molar-refractivity contribution in [2.75, 3.05) is 38.2 Å². The van der Waals surface area contributed by atoms with Crippen molar-refractivity contribution < 1.29 is 28.8 Å². The number of thioether (sulfide) groups is 1. The molecule has 55 heavy (non-hydrogen) atoms. The zero-order valence-electron chi connectivity index (χ0n) is 31.4. The number of primary amides is 1. The molecule has 1 aromatic rings. The maximum Gasteiger partial charge on any atom is 0.243 e. The van der Waals surface area contributed by atoms with Gasteiger partial charge in [-0.25, -0.2) is 0 Å². The van der Waals surface area contributed by atoms with Gasteiger partial charge in [0.15, 0.2) is 11.9 Å². The van der Waals surface area contributed by atoms with Gasteiger partial charge in [0.1, 0.15) is 24.2 Å². The average Bonchev–Trinajstić information content (AvgIpc) is 3.14. The summed E-state index contributed by atoms with van der Waals surface area (Å²) >= 11 is 1.43. The molecule has 0 saturated heterocycles. The Kier molecular flexibility index (Phi) is 23.9. The Morgan fingerprint density at radius 1 is 0.636 bits per heavy atom. The number of carbonyl (C=O) groups excluding carboxylic acids is 6. The third-order valence-electron chi connectivity index (χ3n) is 8.14. The topological polar surface area (TPSA) is 364 Å². The van der Waals surface area contributed by atoms with E-state index in [1.54, 1.807) is 30.3 Å². The van der Waals surface area contributed by atoms with Crippen LogP contribution in [0.5, 0.6) is 0 Å². The standard InChI is InChI=1S/C34H60N14O6S/c1-55-18-14-25(32(54)48-26(29(51)44-20-27(37)49)19-21-9-3-2-4-10-21)47-31(53)24(13-8-17-43-34(40)41)46-30(52)23(12-7-16-42-33(38)39)45-28(50)22(36)11-5-6-15-35/h2-4,9-10,22-26H,5-8,11-20,35-36H2,1H3,(H2,37,49)(H,44,51)(H,45,50)(H,46,52)(H,47,53)(H,48,54)(H4,38,39,42)(H4,40,41,43)/t22-,23-,24-,25-,26-/m0/s1. The molecule has 308 valence electrons. The molecule has 0 aliphatic rings. The SMILES string of the molecule is CSCC[C@H](NC(=O)[C@H](CCCNC(=N)N)NC(=O)[C@H](CCCNC(=N)N)NC(=O)[C@@H](N)CCCCN)C(=O)N[C@@H](Cc1ccccc1)C(=O)NCC(N)=O. The Bertz CT molecular complexity index is 1410. The molecule has 0 saturated carbocycles. The van der Waals surface area contributed by atoms with Crippen molar-refractivity contribution in [1.29, 1.82) is 10.8 Å². The molecule has 0 spiro atoms. The van der Waals surface area contributed by atoms with Gasteiger partial charge in [0.05, 0.1) is 12.6 Å². The first kappa shape index (κ1) is 47.9. The minimum atomic E-state index is -1.21. The maximum atomic E-state index is 13.9. The van der Waals surface area contributed by atoms with E-state index in [1.165, 1.54) is 11.8 Å². The first-order chi connectivity index (χ1) is 26.2. The van der Waals surface area contributed by atoms with Crippen LogP contribution in [0.2, 0.25) is 0 Å². The van der Waals surface area contributed by atoms with E-state index in [0.717, 1.165) is 5.56 Å². The van der Waals surface area contributed by atoms with Gasteiger partial charge in [0.25, 0.3) is 0 Å². The number of hydrogen-bond donors (Lipinski definition) is 14. The van der Waals surface area contributed by atoms with E-state index in [2.05, 4.69) is 37.2 Å². The Labute approximate surface area is 326 Å². The van der Waals surface area contributed by atoms with Crippen LogP contribution >= 0.6 is 11.8 Å². The van der Waals surface area contributed by atoms with Crippen LogP contribution in [-0.2, 0) is 35.2 Å². The lowest BCUT2D eigenvalue weighted by molar-refractivity contribution is -0.135. The van der Waals surface area contributed by atoms with Gasteiger partial charge < -0.3 is 65.9 Å². The van der Waals surface area contributed by atoms with Crippen molar-refractivity contribution in [2.45, 2.75) is 88.0 Å². The third-order valence-corrected chi connectivity index (χ3v) is 8.78. The number of rotatable bonds is 28. The third kappa shape index (κ3) is 21.4. The largest absolute Gasteiger partial charge is 0.370 e. The molecule has 0 heterocycles. The summed E-state index contributed by atoms with van der Waals surface area (Å²) in [7, 11) is 0. The van der Waals surface area contributed by atoms with Gasteiger partial charge in [-0.05, 0) is 69.1 Å². The highest BCUT2D eigenvalue weighted by Gasteiger charge is 2.32. The monoisotopic (exact) mass is 792 g/mol. The molecule has 1 aromatic carbocycles. The summed E-state index contributed by atoms with van der Waals surface area (Å²) in [6, 6.07) is 3.37. The second-order valence-corrected chi connectivity index (χ2v) is 13.7. The zero-order valence-corrected chi connectivity index (χ0v) is 32.2. The van der Waals surface area contributed by atoms with E-state index >= 15 is 0 Å². The normalized spacial score (nSPS) is 13.4. The summed E-state index contributed by atoms with van der Waals surface area (Å²) in [5, 5.41) is 33.3. The minimum absolute atomic E-state index is 0.0477. The van der Waals surface area contributed by atoms with E-state index in [9.17, 15) is 28.8 Å². The molecular formula is C34H60N14O6S. The van der Waals surface area contributed by atoms with Crippen LogP contribution in [0.1, 0.15) is 56.9 Å². The fourth-order valence-electron chi connectivity index (χ4n) is 5.19. The van der Waals surface area contributed by atoms with Crippen LogP contribution in [0.4, 0.5) is 0 Å². The van der Waals surface area contributed by atoms with Gasteiger partial charge in [-0.1, -0.05) is 36.8 Å². The van der Waals surface area contributed by atoms with Gasteiger partial charge in [-0.3, -0.25) is 39.6 Å². The van der Waals surface area contributed by atoms with E-state index in [4.69, 9.17) is 39.5 Å². The first-order valence-corrected chi connectivity index (χ1v) is 19.5. The second-order valence-electron chi connectivity index (χ2n) is 12.8. The first-order valence-electron chi connectivity index (χ1n) is 18.1. The fraction of sp³-hybridized carbons (Fsp3) is 0.588. The quantitative estimate of drug-likeness (QED) is 0.0223. The molecule has 0 aliphatic carbocycles. The van der Waals surface area contributed by atoms with Crippen molar-refractivity contribution in [3.63, 3.8) is 0 Å². The summed E-state index contributed by atoms with van der Waals surface area (Å²) in [6.07, 6.45) is 4.42. The van der Waals surface area contributed by atoms with Crippen LogP contribution in [-0.4, -0.2) is 116 Å². The number of unbranched alkanes of at least 4 members (excludes halogenated alkanes) is 1. The Morgan fingerprint density at radius 3 is 1.60 bits per heavy atom. The molecule has 19 N–H and O–H groups in total. The van der Waals surface area contributed by atoms with Crippen LogP contribution in [0.25, 0.3) is 0 Å². The summed E-state index contributed by atoms with van der Waals surface area (Å²) in [5.41, 5.74) is 28.3. The predicted molar refractivity (Wildman–Crippen MR) is 212 cm³/mol. The number of nitrogens with one attached hydrogen (secondary N) is 9.